The van der Waals surface area contributed by atoms with Crippen LogP contribution in [0.25, 0.3) is 0 Å². The van der Waals surface area contributed by atoms with E-state index in [2.05, 4.69) is 12.2 Å². The molecule has 0 saturated heterocycles. The number of ether oxygens (including phenoxy) is 3. The van der Waals surface area contributed by atoms with Crippen molar-refractivity contribution in [3.8, 4) is 11.5 Å². The highest BCUT2D eigenvalue weighted by Gasteiger charge is 2.09. The molecule has 6 nitrogen and oxygen atoms in total. The third-order valence-electron chi connectivity index (χ3n) is 3.50. The number of esters is 1. The molecule has 0 atom stereocenters. The van der Waals surface area contributed by atoms with Crippen molar-refractivity contribution in [1.82, 2.24) is 0 Å². The number of benzene rings is 2. The predicted octanol–water partition coefficient (Wildman–Crippen LogP) is 3.21. The fourth-order valence-corrected chi connectivity index (χ4v) is 2.15. The van der Waals surface area contributed by atoms with Gasteiger partial charge in [-0.05, 0) is 55.3 Å². The Bertz CT molecular complexity index is 710. The molecule has 6 heteroatoms. The summed E-state index contributed by atoms with van der Waals surface area (Å²) in [5.41, 5.74) is 1.84. The quantitative estimate of drug-likeness (QED) is 0.698. The Kier molecular flexibility index (Phi) is 7.49. The van der Waals surface area contributed by atoms with Crippen molar-refractivity contribution in [2.45, 2.75) is 20.3 Å². The van der Waals surface area contributed by atoms with Crippen molar-refractivity contribution in [2.75, 3.05) is 25.1 Å². The molecular weight excluding hydrogens is 334 g/mol. The topological polar surface area (TPSA) is 73.9 Å². The Morgan fingerprint density at radius 3 is 2.04 bits per heavy atom. The van der Waals surface area contributed by atoms with Crippen molar-refractivity contribution < 1.29 is 23.8 Å². The number of hydrogen-bond acceptors (Lipinski definition) is 5. The van der Waals surface area contributed by atoms with Crippen molar-refractivity contribution in [1.29, 1.82) is 0 Å². The second-order valence-corrected chi connectivity index (χ2v) is 5.45. The molecule has 0 saturated carbocycles. The minimum absolute atomic E-state index is 0.271. The number of hydrogen-bond donors (Lipinski definition) is 1. The summed E-state index contributed by atoms with van der Waals surface area (Å²) in [6, 6.07) is 14.4. The third kappa shape index (κ3) is 6.47. The van der Waals surface area contributed by atoms with Gasteiger partial charge in [-0.15, -0.1) is 0 Å². The first-order chi connectivity index (χ1) is 12.6. The monoisotopic (exact) mass is 357 g/mol. The summed E-state index contributed by atoms with van der Waals surface area (Å²) in [7, 11) is 0. The molecule has 26 heavy (non-hydrogen) atoms. The summed E-state index contributed by atoms with van der Waals surface area (Å²) < 4.78 is 15.5. The van der Waals surface area contributed by atoms with Crippen LogP contribution in [0.5, 0.6) is 11.5 Å². The zero-order valence-corrected chi connectivity index (χ0v) is 15.0. The number of nitrogens with one attached hydrogen (secondary N) is 1. The van der Waals surface area contributed by atoms with Gasteiger partial charge in [-0.2, -0.15) is 0 Å². The molecule has 0 aliphatic carbocycles. The SMILES string of the molecule is CCOc1ccc(OCC(=O)OCC(=O)Nc2ccc(CC)cc2)cc1. The van der Waals surface area contributed by atoms with E-state index in [0.29, 0.717) is 18.0 Å². The Hall–Kier alpha value is -3.02. The van der Waals surface area contributed by atoms with Gasteiger partial charge in [-0.25, -0.2) is 4.79 Å². The van der Waals surface area contributed by atoms with Gasteiger partial charge in [0.2, 0.25) is 0 Å². The van der Waals surface area contributed by atoms with E-state index in [0.717, 1.165) is 12.2 Å². The summed E-state index contributed by atoms with van der Waals surface area (Å²) in [4.78, 5) is 23.5. The Morgan fingerprint density at radius 2 is 1.46 bits per heavy atom. The largest absolute Gasteiger partial charge is 0.494 e. The molecule has 0 unspecified atom stereocenters. The highest BCUT2D eigenvalue weighted by atomic mass is 16.6. The maximum Gasteiger partial charge on any atom is 0.344 e. The van der Waals surface area contributed by atoms with E-state index in [4.69, 9.17) is 14.2 Å². The summed E-state index contributed by atoms with van der Waals surface area (Å²) in [5.74, 6) is 0.232. The molecule has 2 rings (SSSR count). The molecule has 2 aromatic rings. The van der Waals surface area contributed by atoms with Crippen molar-refractivity contribution in [3.63, 3.8) is 0 Å². The summed E-state index contributed by atoms with van der Waals surface area (Å²) in [6.45, 7) is 3.91. The second-order valence-electron chi connectivity index (χ2n) is 5.45. The molecule has 0 spiro atoms. The molecular formula is C20H23NO5. The Balaban J connectivity index is 1.69. The van der Waals surface area contributed by atoms with Gasteiger partial charge < -0.3 is 19.5 Å². The first-order valence-corrected chi connectivity index (χ1v) is 8.50. The lowest BCUT2D eigenvalue weighted by atomic mass is 10.1. The fraction of sp³-hybridized carbons (Fsp3) is 0.300. The molecule has 0 aromatic heterocycles. The smallest absolute Gasteiger partial charge is 0.344 e. The molecule has 0 bridgehead atoms. The average molecular weight is 357 g/mol. The molecule has 0 fully saturated rings. The van der Waals surface area contributed by atoms with Crippen molar-refractivity contribution >= 4 is 17.6 Å². The standard InChI is InChI=1S/C20H23NO5/c1-3-15-5-7-16(8-6-15)21-19(22)13-26-20(23)14-25-18-11-9-17(10-12-18)24-4-2/h5-12H,3-4,13-14H2,1-2H3,(H,21,22). The van der Waals surface area contributed by atoms with Crippen LogP contribution < -0.4 is 14.8 Å². The van der Waals surface area contributed by atoms with E-state index in [-0.39, 0.29) is 13.2 Å². The maximum atomic E-state index is 11.8. The van der Waals surface area contributed by atoms with Crippen LogP contribution in [0.2, 0.25) is 0 Å². The van der Waals surface area contributed by atoms with Crippen molar-refractivity contribution in [3.05, 3.63) is 54.1 Å². The third-order valence-corrected chi connectivity index (χ3v) is 3.50. The highest BCUT2D eigenvalue weighted by molar-refractivity contribution is 5.92. The van der Waals surface area contributed by atoms with Gasteiger partial charge in [0.15, 0.2) is 13.2 Å². The van der Waals surface area contributed by atoms with Crippen LogP contribution in [-0.2, 0) is 20.7 Å². The zero-order chi connectivity index (χ0) is 18.8. The summed E-state index contributed by atoms with van der Waals surface area (Å²) in [6.07, 6.45) is 0.931. The second kappa shape index (κ2) is 10.1. The van der Waals surface area contributed by atoms with Gasteiger partial charge in [-0.1, -0.05) is 19.1 Å². The molecule has 1 N–H and O–H groups in total. The van der Waals surface area contributed by atoms with Crippen LogP contribution >= 0.6 is 0 Å². The molecule has 1 amide bonds. The normalized spacial score (nSPS) is 10.1. The van der Waals surface area contributed by atoms with Crippen LogP contribution in [0.3, 0.4) is 0 Å². The first-order valence-electron chi connectivity index (χ1n) is 8.50. The molecule has 0 aliphatic rings. The van der Waals surface area contributed by atoms with Gasteiger partial charge in [-0.3, -0.25) is 4.79 Å². The van der Waals surface area contributed by atoms with Gasteiger partial charge in [0.25, 0.3) is 5.91 Å². The zero-order valence-electron chi connectivity index (χ0n) is 15.0. The average Bonchev–Trinajstić information content (AvgIpc) is 2.66. The molecule has 0 aliphatic heterocycles. The van der Waals surface area contributed by atoms with E-state index < -0.39 is 11.9 Å². The van der Waals surface area contributed by atoms with E-state index in [1.165, 1.54) is 5.56 Å². The van der Waals surface area contributed by atoms with Crippen LogP contribution in [0.15, 0.2) is 48.5 Å². The number of anilines is 1. The lowest BCUT2D eigenvalue weighted by Crippen LogP contribution is -2.23. The number of rotatable bonds is 9. The molecule has 0 radical (unpaired) electrons. The van der Waals surface area contributed by atoms with Gasteiger partial charge in [0, 0.05) is 5.69 Å². The fourth-order valence-electron chi connectivity index (χ4n) is 2.15. The molecule has 0 heterocycles. The Labute approximate surface area is 153 Å². The van der Waals surface area contributed by atoms with Crippen LogP contribution in [-0.4, -0.2) is 31.7 Å². The molecule has 2 aromatic carbocycles. The van der Waals surface area contributed by atoms with Crippen LogP contribution in [0, 0.1) is 0 Å². The minimum Gasteiger partial charge on any atom is -0.494 e. The molecule has 138 valence electrons. The number of carbonyl (C=O) groups excluding carboxylic acids is 2. The van der Waals surface area contributed by atoms with E-state index in [9.17, 15) is 9.59 Å². The van der Waals surface area contributed by atoms with E-state index >= 15 is 0 Å². The van der Waals surface area contributed by atoms with Crippen LogP contribution in [0.4, 0.5) is 5.69 Å². The predicted molar refractivity (Wildman–Crippen MR) is 98.5 cm³/mol. The van der Waals surface area contributed by atoms with Gasteiger partial charge in [0.1, 0.15) is 11.5 Å². The number of carbonyl (C=O) groups is 2. The Morgan fingerprint density at radius 1 is 0.846 bits per heavy atom. The lowest BCUT2D eigenvalue weighted by Gasteiger charge is -2.09. The van der Waals surface area contributed by atoms with Crippen LogP contribution in [0.1, 0.15) is 19.4 Å². The van der Waals surface area contributed by atoms with E-state index in [1.54, 1.807) is 24.3 Å². The summed E-state index contributed by atoms with van der Waals surface area (Å²) in [5, 5.41) is 2.67. The minimum atomic E-state index is -0.615. The van der Waals surface area contributed by atoms with E-state index in [1.807, 2.05) is 31.2 Å². The van der Waals surface area contributed by atoms with Crippen molar-refractivity contribution in [2.24, 2.45) is 0 Å². The number of aryl methyl sites for hydroxylation is 1. The van der Waals surface area contributed by atoms with Gasteiger partial charge >= 0.3 is 5.97 Å². The number of amides is 1. The summed E-state index contributed by atoms with van der Waals surface area (Å²) >= 11 is 0. The lowest BCUT2D eigenvalue weighted by molar-refractivity contribution is -0.149. The maximum absolute atomic E-state index is 11.8. The first kappa shape index (κ1) is 19.3. The van der Waals surface area contributed by atoms with Gasteiger partial charge in [0.05, 0.1) is 6.61 Å². The highest BCUT2D eigenvalue weighted by Crippen LogP contribution is 2.17.